The second-order valence-corrected chi connectivity index (χ2v) is 4.89. The summed E-state index contributed by atoms with van der Waals surface area (Å²) in [5, 5.41) is 2.25. The Balaban J connectivity index is 2.93. The quantitative estimate of drug-likeness (QED) is 0.661. The van der Waals surface area contributed by atoms with E-state index in [0.717, 1.165) is 0 Å². The maximum atomic E-state index is 12.3. The molecular weight excluding hydrogens is 234 g/mol. The van der Waals surface area contributed by atoms with Gasteiger partial charge in [0.25, 0.3) is 0 Å². The minimum absolute atomic E-state index is 0.0632. The Morgan fingerprint density at radius 3 is 2.56 bits per heavy atom. The van der Waals surface area contributed by atoms with E-state index >= 15 is 0 Å². The zero-order valence-electron chi connectivity index (χ0n) is 11.1. The average molecular weight is 255 g/mol. The predicted octanol–water partition coefficient (Wildman–Crippen LogP) is -0.519. The molecule has 6 nitrogen and oxygen atoms in total. The molecule has 3 amide bonds. The fourth-order valence-corrected chi connectivity index (χ4v) is 2.18. The number of rotatable bonds is 4. The normalized spacial score (nSPS) is 22.1. The van der Waals surface area contributed by atoms with Crippen molar-refractivity contribution in [2.45, 2.75) is 33.2 Å². The second kappa shape index (κ2) is 5.95. The van der Waals surface area contributed by atoms with Gasteiger partial charge in [0.15, 0.2) is 0 Å². The van der Waals surface area contributed by atoms with Gasteiger partial charge < -0.3 is 10.6 Å². The van der Waals surface area contributed by atoms with Crippen molar-refractivity contribution in [1.29, 1.82) is 0 Å². The molecule has 18 heavy (non-hydrogen) atoms. The van der Waals surface area contributed by atoms with E-state index in [1.54, 1.807) is 0 Å². The van der Waals surface area contributed by atoms with Crippen LogP contribution >= 0.6 is 0 Å². The molecule has 0 aromatic rings. The molecule has 2 unspecified atom stereocenters. The molecule has 0 saturated carbocycles. The number of amides is 3. The summed E-state index contributed by atoms with van der Waals surface area (Å²) in [5.74, 6) is -1.31. The molecule has 1 fully saturated rings. The molecule has 0 radical (unpaired) electrons. The van der Waals surface area contributed by atoms with Crippen LogP contribution in [0, 0.1) is 11.8 Å². The number of piperazine rings is 1. The van der Waals surface area contributed by atoms with Gasteiger partial charge in [-0.25, -0.2) is 0 Å². The summed E-state index contributed by atoms with van der Waals surface area (Å²) in [5.41, 5.74) is 5.60. The molecule has 1 aliphatic rings. The fraction of sp³-hybridized carbons (Fsp3) is 0.750. The van der Waals surface area contributed by atoms with E-state index in [1.165, 1.54) is 4.90 Å². The highest BCUT2D eigenvalue weighted by Gasteiger charge is 2.38. The molecule has 6 heteroatoms. The monoisotopic (exact) mass is 255 g/mol. The molecular formula is C12H21N3O3. The first-order valence-corrected chi connectivity index (χ1v) is 6.26. The van der Waals surface area contributed by atoms with Crippen LogP contribution in [0.1, 0.15) is 27.2 Å². The van der Waals surface area contributed by atoms with Crippen molar-refractivity contribution in [2.24, 2.45) is 17.6 Å². The zero-order valence-corrected chi connectivity index (χ0v) is 11.1. The van der Waals surface area contributed by atoms with E-state index in [2.05, 4.69) is 5.32 Å². The van der Waals surface area contributed by atoms with Gasteiger partial charge in [-0.3, -0.25) is 19.7 Å². The van der Waals surface area contributed by atoms with Crippen molar-refractivity contribution >= 4 is 17.7 Å². The molecule has 3 N–H and O–H groups in total. The number of nitrogens with two attached hydrogens (primary N) is 1. The van der Waals surface area contributed by atoms with Crippen LogP contribution in [0.2, 0.25) is 0 Å². The van der Waals surface area contributed by atoms with Gasteiger partial charge >= 0.3 is 0 Å². The van der Waals surface area contributed by atoms with Gasteiger partial charge in [-0.05, 0) is 12.3 Å². The number of hydrogen-bond acceptors (Lipinski definition) is 4. The molecule has 2 atom stereocenters. The summed E-state index contributed by atoms with van der Waals surface area (Å²) >= 11 is 0. The minimum Gasteiger partial charge on any atom is -0.330 e. The number of nitrogens with one attached hydrogen (secondary N) is 1. The van der Waals surface area contributed by atoms with Gasteiger partial charge in [0.1, 0.15) is 12.6 Å². The van der Waals surface area contributed by atoms with Crippen molar-refractivity contribution in [2.75, 3.05) is 13.1 Å². The van der Waals surface area contributed by atoms with E-state index in [4.69, 9.17) is 5.73 Å². The largest absolute Gasteiger partial charge is 0.330 e. The number of carbonyl (C=O) groups excluding carboxylic acids is 3. The molecule has 1 rings (SSSR count). The first-order valence-electron chi connectivity index (χ1n) is 6.26. The summed E-state index contributed by atoms with van der Waals surface area (Å²) in [6, 6.07) is -0.567. The van der Waals surface area contributed by atoms with Crippen LogP contribution in [0.4, 0.5) is 0 Å². The van der Waals surface area contributed by atoms with Crippen molar-refractivity contribution in [3.05, 3.63) is 0 Å². The Bertz CT molecular complexity index is 354. The summed E-state index contributed by atoms with van der Waals surface area (Å²) in [6.07, 6.45) is 0.486. The van der Waals surface area contributed by atoms with Crippen LogP contribution in [-0.2, 0) is 14.4 Å². The molecule has 1 saturated heterocycles. The standard InChI is InChI=1S/C12H21N3O3/c1-4-9-11(17)14-10(16)6-15(9)12(18)8(5-13)7(2)3/h7-9H,4-6,13H2,1-3H3,(H,14,16,17). The topological polar surface area (TPSA) is 92.5 Å². The Morgan fingerprint density at radius 1 is 1.50 bits per heavy atom. The van der Waals surface area contributed by atoms with E-state index in [0.29, 0.717) is 6.42 Å². The van der Waals surface area contributed by atoms with Gasteiger partial charge in [-0.15, -0.1) is 0 Å². The Kier molecular flexibility index (Phi) is 4.84. The minimum atomic E-state index is -0.567. The van der Waals surface area contributed by atoms with Gasteiger partial charge in [0, 0.05) is 6.54 Å². The van der Waals surface area contributed by atoms with Gasteiger partial charge in [-0.1, -0.05) is 20.8 Å². The first-order chi connectivity index (χ1) is 8.42. The number of imide groups is 1. The highest BCUT2D eigenvalue weighted by atomic mass is 16.2. The molecule has 1 aliphatic heterocycles. The van der Waals surface area contributed by atoms with E-state index in [-0.39, 0.29) is 30.8 Å². The number of hydrogen-bond donors (Lipinski definition) is 2. The SMILES string of the molecule is CCC1C(=O)NC(=O)CN1C(=O)C(CN)C(C)C. The van der Waals surface area contributed by atoms with Gasteiger partial charge in [0.2, 0.25) is 17.7 Å². The second-order valence-electron chi connectivity index (χ2n) is 4.89. The van der Waals surface area contributed by atoms with E-state index < -0.39 is 17.9 Å². The maximum Gasteiger partial charge on any atom is 0.249 e. The summed E-state index contributed by atoms with van der Waals surface area (Å²) in [6.45, 7) is 5.78. The highest BCUT2D eigenvalue weighted by molar-refractivity contribution is 6.04. The Morgan fingerprint density at radius 2 is 2.11 bits per heavy atom. The third-order valence-corrected chi connectivity index (χ3v) is 3.30. The molecule has 1 heterocycles. The summed E-state index contributed by atoms with van der Waals surface area (Å²) in [4.78, 5) is 36.8. The van der Waals surface area contributed by atoms with Crippen LogP contribution < -0.4 is 11.1 Å². The van der Waals surface area contributed by atoms with Gasteiger partial charge in [-0.2, -0.15) is 0 Å². The highest BCUT2D eigenvalue weighted by Crippen LogP contribution is 2.18. The summed E-state index contributed by atoms with van der Waals surface area (Å²) in [7, 11) is 0. The number of carbonyl (C=O) groups is 3. The van der Waals surface area contributed by atoms with Crippen molar-refractivity contribution < 1.29 is 14.4 Å². The zero-order chi connectivity index (χ0) is 13.9. The third kappa shape index (κ3) is 2.87. The lowest BCUT2D eigenvalue weighted by atomic mass is 9.93. The molecule has 0 bridgehead atoms. The van der Waals surface area contributed by atoms with Crippen molar-refractivity contribution in [3.8, 4) is 0 Å². The first kappa shape index (κ1) is 14.6. The van der Waals surface area contributed by atoms with Crippen LogP contribution in [0.25, 0.3) is 0 Å². The Hall–Kier alpha value is -1.43. The molecule has 0 aromatic carbocycles. The number of nitrogens with zero attached hydrogens (tertiary/aromatic N) is 1. The predicted molar refractivity (Wildman–Crippen MR) is 66.3 cm³/mol. The van der Waals surface area contributed by atoms with Crippen molar-refractivity contribution in [3.63, 3.8) is 0 Å². The average Bonchev–Trinajstić information content (AvgIpc) is 2.28. The van der Waals surface area contributed by atoms with E-state index in [9.17, 15) is 14.4 Å². The third-order valence-electron chi connectivity index (χ3n) is 3.30. The summed E-state index contributed by atoms with van der Waals surface area (Å²) < 4.78 is 0. The molecule has 0 spiro atoms. The molecule has 0 aromatic heterocycles. The maximum absolute atomic E-state index is 12.3. The van der Waals surface area contributed by atoms with Crippen LogP contribution in [0.15, 0.2) is 0 Å². The lowest BCUT2D eigenvalue weighted by Gasteiger charge is -2.36. The Labute approximate surface area is 107 Å². The van der Waals surface area contributed by atoms with Crippen LogP contribution in [0.5, 0.6) is 0 Å². The lowest BCUT2D eigenvalue weighted by molar-refractivity contribution is -0.153. The molecule has 102 valence electrons. The lowest BCUT2D eigenvalue weighted by Crippen LogP contribution is -2.61. The fourth-order valence-electron chi connectivity index (χ4n) is 2.18. The van der Waals surface area contributed by atoms with Crippen molar-refractivity contribution in [1.82, 2.24) is 10.2 Å². The van der Waals surface area contributed by atoms with Crippen LogP contribution in [-0.4, -0.2) is 41.8 Å². The van der Waals surface area contributed by atoms with E-state index in [1.807, 2.05) is 20.8 Å². The smallest absolute Gasteiger partial charge is 0.249 e. The molecule has 0 aliphatic carbocycles. The van der Waals surface area contributed by atoms with Gasteiger partial charge in [0.05, 0.1) is 5.92 Å². The van der Waals surface area contributed by atoms with Crippen LogP contribution in [0.3, 0.4) is 0 Å².